The number of rotatable bonds is 2. The van der Waals surface area contributed by atoms with Crippen molar-refractivity contribution >= 4 is 23.5 Å². The van der Waals surface area contributed by atoms with Crippen molar-refractivity contribution in [1.29, 1.82) is 0 Å². The Morgan fingerprint density at radius 2 is 2.04 bits per heavy atom. The monoisotopic (exact) mass is 342 g/mol. The van der Waals surface area contributed by atoms with Crippen LogP contribution >= 0.6 is 11.6 Å². The number of fused-ring (bicyclic) bond motifs is 2. The lowest BCUT2D eigenvalue weighted by Gasteiger charge is -2.40. The number of para-hydroxylation sites is 1. The summed E-state index contributed by atoms with van der Waals surface area (Å²) in [7, 11) is 1.67. The van der Waals surface area contributed by atoms with E-state index < -0.39 is 0 Å². The number of halogens is 1. The van der Waals surface area contributed by atoms with Crippen LogP contribution < -0.4 is 4.90 Å². The Balaban J connectivity index is 1.85. The van der Waals surface area contributed by atoms with Crippen LogP contribution in [0.2, 0.25) is 5.02 Å². The predicted molar refractivity (Wildman–Crippen MR) is 96.0 cm³/mol. The van der Waals surface area contributed by atoms with Crippen molar-refractivity contribution in [3.63, 3.8) is 0 Å². The number of allylic oxidation sites excluding steroid dienone is 2. The highest BCUT2D eigenvalue weighted by atomic mass is 35.5. The summed E-state index contributed by atoms with van der Waals surface area (Å²) in [6.45, 7) is 4.93. The number of nitrogens with zero attached hydrogens (tertiary/aromatic N) is 4. The van der Waals surface area contributed by atoms with Gasteiger partial charge in [-0.15, -0.1) is 0 Å². The third-order valence-electron chi connectivity index (χ3n) is 4.69. The van der Waals surface area contributed by atoms with Gasteiger partial charge in [-0.3, -0.25) is 9.83 Å². The van der Waals surface area contributed by atoms with Crippen LogP contribution in [0.4, 0.5) is 5.69 Å². The van der Waals surface area contributed by atoms with E-state index in [-0.39, 0.29) is 5.92 Å². The first kappa shape index (κ1) is 15.3. The highest BCUT2D eigenvalue weighted by molar-refractivity contribution is 6.33. The molecule has 0 amide bonds. The van der Waals surface area contributed by atoms with Crippen molar-refractivity contribution < 1.29 is 4.84 Å². The molecule has 0 aromatic heterocycles. The number of aliphatic imine (C=N–C) groups is 1. The van der Waals surface area contributed by atoms with Gasteiger partial charge in [0.2, 0.25) is 0 Å². The number of anilines is 1. The van der Waals surface area contributed by atoms with Crippen LogP contribution in [0, 0.1) is 5.92 Å². The third-order valence-corrected chi connectivity index (χ3v) is 5.01. The molecule has 1 aromatic rings. The van der Waals surface area contributed by atoms with Crippen LogP contribution in [-0.2, 0) is 4.84 Å². The molecule has 1 aromatic carbocycles. The van der Waals surface area contributed by atoms with Gasteiger partial charge >= 0.3 is 0 Å². The fraction of sp³-hybridized carbons (Fsp3) is 0.278. The molecular formula is C18H19ClN4O. The van der Waals surface area contributed by atoms with Gasteiger partial charge < -0.3 is 9.80 Å². The van der Waals surface area contributed by atoms with E-state index >= 15 is 0 Å². The largest absolute Gasteiger partial charge is 0.302 e. The molecule has 3 aliphatic rings. The minimum atomic E-state index is 0.258. The quantitative estimate of drug-likeness (QED) is 0.815. The smallest absolute Gasteiger partial charge is 0.142 e. The van der Waals surface area contributed by atoms with Crippen LogP contribution in [-0.4, -0.2) is 30.0 Å². The molecule has 0 spiro atoms. The summed E-state index contributed by atoms with van der Waals surface area (Å²) < 4.78 is 0. The average Bonchev–Trinajstić information content (AvgIpc) is 3.02. The van der Waals surface area contributed by atoms with Gasteiger partial charge in [0.1, 0.15) is 12.5 Å². The summed E-state index contributed by atoms with van der Waals surface area (Å²) in [5.41, 5.74) is 4.25. The first-order valence-electron chi connectivity index (χ1n) is 7.90. The van der Waals surface area contributed by atoms with Gasteiger partial charge in [0.25, 0.3) is 0 Å². The van der Waals surface area contributed by atoms with Crippen LogP contribution in [0.1, 0.15) is 13.8 Å². The summed E-state index contributed by atoms with van der Waals surface area (Å²) in [4.78, 5) is 14.4. The Bertz CT molecular complexity index is 811. The van der Waals surface area contributed by atoms with Crippen molar-refractivity contribution in [1.82, 2.24) is 9.96 Å². The summed E-state index contributed by atoms with van der Waals surface area (Å²) in [6, 6.07) is 7.87. The summed E-state index contributed by atoms with van der Waals surface area (Å²) in [6.07, 6.45) is 6.00. The zero-order valence-corrected chi connectivity index (χ0v) is 14.7. The molecule has 124 valence electrons. The maximum absolute atomic E-state index is 6.47. The lowest BCUT2D eigenvalue weighted by atomic mass is 9.95. The molecule has 0 N–H and O–H groups in total. The second kappa shape index (κ2) is 5.69. The molecule has 0 radical (unpaired) electrons. The molecule has 0 bridgehead atoms. The molecule has 24 heavy (non-hydrogen) atoms. The standard InChI is InChI=1S/C18H19ClN4O/c1-12-9-22(16-7-5-4-6-15(16)19)18-17(13(12)2)20-8-14-10-21(24-3)11-23(14)18/h4-10,13H,11H2,1-3H3. The van der Waals surface area contributed by atoms with Gasteiger partial charge in [0.15, 0.2) is 0 Å². The lowest BCUT2D eigenvalue weighted by Crippen LogP contribution is -2.39. The van der Waals surface area contributed by atoms with Gasteiger partial charge in [0.05, 0.1) is 41.6 Å². The maximum Gasteiger partial charge on any atom is 0.142 e. The topological polar surface area (TPSA) is 31.3 Å². The first-order chi connectivity index (χ1) is 11.6. The Kier molecular flexibility index (Phi) is 3.62. The fourth-order valence-electron chi connectivity index (χ4n) is 3.20. The molecular weight excluding hydrogens is 324 g/mol. The number of hydrogen-bond donors (Lipinski definition) is 0. The van der Waals surface area contributed by atoms with Crippen LogP contribution in [0.5, 0.6) is 0 Å². The Morgan fingerprint density at radius 1 is 1.25 bits per heavy atom. The van der Waals surface area contributed by atoms with Gasteiger partial charge in [-0.05, 0) is 24.6 Å². The molecule has 0 aliphatic carbocycles. The number of hydrogen-bond acceptors (Lipinski definition) is 5. The molecule has 6 heteroatoms. The summed E-state index contributed by atoms with van der Waals surface area (Å²) >= 11 is 6.47. The van der Waals surface area contributed by atoms with Crippen LogP contribution in [0.25, 0.3) is 0 Å². The Hall–Kier alpha value is -2.24. The van der Waals surface area contributed by atoms with E-state index in [2.05, 4.69) is 29.8 Å². The van der Waals surface area contributed by atoms with Crippen molar-refractivity contribution in [2.45, 2.75) is 13.8 Å². The normalized spacial score (nSPS) is 22.5. The first-order valence-corrected chi connectivity index (χ1v) is 8.28. The molecule has 0 fully saturated rings. The predicted octanol–water partition coefficient (Wildman–Crippen LogP) is 3.93. The van der Waals surface area contributed by atoms with E-state index in [1.54, 1.807) is 12.2 Å². The average molecular weight is 343 g/mol. The molecule has 3 heterocycles. The molecule has 5 nitrogen and oxygen atoms in total. The van der Waals surface area contributed by atoms with Crippen LogP contribution in [0.3, 0.4) is 0 Å². The second-order valence-corrected chi connectivity index (χ2v) is 6.51. The number of hydroxylamine groups is 2. The van der Waals surface area contributed by atoms with Crippen LogP contribution in [0.15, 0.2) is 64.4 Å². The minimum absolute atomic E-state index is 0.258. The molecule has 4 rings (SSSR count). The van der Waals surface area contributed by atoms with E-state index in [4.69, 9.17) is 21.4 Å². The van der Waals surface area contributed by atoms with E-state index in [0.717, 1.165) is 22.9 Å². The number of benzene rings is 1. The van der Waals surface area contributed by atoms with Crippen molar-refractivity contribution in [3.05, 3.63) is 64.5 Å². The molecule has 0 saturated heterocycles. The lowest BCUT2D eigenvalue weighted by molar-refractivity contribution is -0.0951. The van der Waals surface area contributed by atoms with E-state index in [0.29, 0.717) is 11.7 Å². The van der Waals surface area contributed by atoms with Crippen molar-refractivity contribution in [2.75, 3.05) is 18.7 Å². The van der Waals surface area contributed by atoms with Gasteiger partial charge in [-0.25, -0.2) is 5.06 Å². The highest BCUT2D eigenvalue weighted by Crippen LogP contribution is 2.42. The molecule has 0 saturated carbocycles. The van der Waals surface area contributed by atoms with Crippen molar-refractivity contribution in [2.24, 2.45) is 10.9 Å². The van der Waals surface area contributed by atoms with E-state index in [1.807, 2.05) is 36.7 Å². The highest BCUT2D eigenvalue weighted by Gasteiger charge is 2.36. The zero-order chi connectivity index (χ0) is 16.8. The Labute approximate surface area is 146 Å². The second-order valence-electron chi connectivity index (χ2n) is 6.11. The minimum Gasteiger partial charge on any atom is -0.302 e. The van der Waals surface area contributed by atoms with Gasteiger partial charge in [-0.1, -0.05) is 30.7 Å². The van der Waals surface area contributed by atoms with Gasteiger partial charge in [0, 0.05) is 12.1 Å². The van der Waals surface area contributed by atoms with Gasteiger partial charge in [-0.2, -0.15) is 0 Å². The van der Waals surface area contributed by atoms with E-state index in [9.17, 15) is 0 Å². The SMILES string of the molecule is CON1C=C2C=NC3=C(N2C1)N(c1ccccc1Cl)C=C(C)C3C. The third kappa shape index (κ3) is 2.24. The fourth-order valence-corrected chi connectivity index (χ4v) is 3.42. The molecule has 3 aliphatic heterocycles. The summed E-state index contributed by atoms with van der Waals surface area (Å²) in [5.74, 6) is 1.29. The summed E-state index contributed by atoms with van der Waals surface area (Å²) in [5, 5.41) is 2.50. The Morgan fingerprint density at radius 3 is 2.79 bits per heavy atom. The molecule has 1 atom stereocenters. The maximum atomic E-state index is 6.47. The zero-order valence-electron chi connectivity index (χ0n) is 13.9. The molecule has 1 unspecified atom stereocenters. The van der Waals surface area contributed by atoms with E-state index in [1.165, 1.54) is 5.57 Å². The van der Waals surface area contributed by atoms with Crippen molar-refractivity contribution in [3.8, 4) is 0 Å².